The summed E-state index contributed by atoms with van der Waals surface area (Å²) < 4.78 is 6.76. The van der Waals surface area contributed by atoms with Gasteiger partial charge in [-0.1, -0.05) is 6.92 Å². The van der Waals surface area contributed by atoms with E-state index >= 15 is 0 Å². The van der Waals surface area contributed by atoms with E-state index in [1.807, 2.05) is 26.4 Å². The van der Waals surface area contributed by atoms with Crippen LogP contribution in [0, 0.1) is 5.92 Å². The molecule has 1 heterocycles. The van der Waals surface area contributed by atoms with Gasteiger partial charge in [-0.15, -0.1) is 0 Å². The Labute approximate surface area is 96.6 Å². The van der Waals surface area contributed by atoms with Crippen LogP contribution in [0.25, 0.3) is 0 Å². The molecule has 0 N–H and O–H groups in total. The van der Waals surface area contributed by atoms with Gasteiger partial charge in [-0.05, 0) is 17.9 Å². The molecule has 1 aromatic rings. The van der Waals surface area contributed by atoms with Crippen molar-refractivity contribution >= 4 is 5.78 Å². The van der Waals surface area contributed by atoms with Crippen LogP contribution in [0.3, 0.4) is 0 Å². The van der Waals surface area contributed by atoms with E-state index < -0.39 is 0 Å². The molecule has 4 nitrogen and oxygen atoms in total. The topological polar surface area (TPSA) is 44.1 Å². The van der Waals surface area contributed by atoms with Gasteiger partial charge in [0.25, 0.3) is 0 Å². The molecule has 16 heavy (non-hydrogen) atoms. The summed E-state index contributed by atoms with van der Waals surface area (Å²) >= 11 is 0. The van der Waals surface area contributed by atoms with E-state index in [1.54, 1.807) is 11.8 Å². The molecule has 0 aliphatic heterocycles. The van der Waals surface area contributed by atoms with Crippen molar-refractivity contribution in [1.82, 2.24) is 9.78 Å². The Balaban J connectivity index is 2.25. The van der Waals surface area contributed by atoms with Crippen molar-refractivity contribution in [2.45, 2.75) is 26.2 Å². The normalized spacial score (nSPS) is 12.7. The van der Waals surface area contributed by atoms with E-state index in [0.29, 0.717) is 31.1 Å². The van der Waals surface area contributed by atoms with Crippen LogP contribution in [0.5, 0.6) is 0 Å². The lowest BCUT2D eigenvalue weighted by Gasteiger charge is -2.08. The average Bonchev–Trinajstić information content (AvgIpc) is 2.61. The number of nitrogens with zero attached hydrogens (tertiary/aromatic N) is 2. The molecule has 4 heteroatoms. The van der Waals surface area contributed by atoms with Crippen LogP contribution in [-0.4, -0.2) is 29.3 Å². The first-order valence-corrected chi connectivity index (χ1v) is 5.60. The standard InChI is InChI=1S/C12H20N2O2/c1-10(9-16-3)6-12(15)5-4-11-7-13-14(2)8-11/h7-8,10H,4-6,9H2,1-3H3. The number of hydrogen-bond acceptors (Lipinski definition) is 3. The molecule has 0 aliphatic rings. The highest BCUT2D eigenvalue weighted by Crippen LogP contribution is 2.08. The number of methoxy groups -OCH3 is 1. The number of ketones is 1. The predicted molar refractivity (Wildman–Crippen MR) is 62.2 cm³/mol. The lowest BCUT2D eigenvalue weighted by atomic mass is 10.0. The summed E-state index contributed by atoms with van der Waals surface area (Å²) in [5.41, 5.74) is 1.12. The maximum absolute atomic E-state index is 11.6. The monoisotopic (exact) mass is 224 g/mol. The molecule has 1 atom stereocenters. The molecule has 0 radical (unpaired) electrons. The van der Waals surface area contributed by atoms with Gasteiger partial charge in [0.1, 0.15) is 5.78 Å². The van der Waals surface area contributed by atoms with E-state index in [2.05, 4.69) is 5.10 Å². The number of rotatable bonds is 7. The van der Waals surface area contributed by atoms with Gasteiger partial charge in [-0.25, -0.2) is 0 Å². The Hall–Kier alpha value is -1.16. The number of carbonyl (C=O) groups excluding carboxylic acids is 1. The zero-order chi connectivity index (χ0) is 12.0. The highest BCUT2D eigenvalue weighted by atomic mass is 16.5. The molecular formula is C12H20N2O2. The maximum atomic E-state index is 11.6. The third-order valence-corrected chi connectivity index (χ3v) is 2.48. The minimum atomic E-state index is 0.299. The van der Waals surface area contributed by atoms with Gasteiger partial charge in [0.15, 0.2) is 0 Å². The Morgan fingerprint density at radius 2 is 2.38 bits per heavy atom. The summed E-state index contributed by atoms with van der Waals surface area (Å²) in [6, 6.07) is 0. The van der Waals surface area contributed by atoms with E-state index in [4.69, 9.17) is 4.74 Å². The molecule has 0 amide bonds. The molecule has 90 valence electrons. The lowest BCUT2D eigenvalue weighted by Crippen LogP contribution is -2.11. The van der Waals surface area contributed by atoms with Crippen molar-refractivity contribution in [3.63, 3.8) is 0 Å². The molecule has 0 bridgehead atoms. The third kappa shape index (κ3) is 4.57. The molecule has 1 aromatic heterocycles. The number of ether oxygens (including phenoxy) is 1. The second-order valence-corrected chi connectivity index (χ2v) is 4.33. The van der Waals surface area contributed by atoms with Crippen LogP contribution in [0.4, 0.5) is 0 Å². The quantitative estimate of drug-likeness (QED) is 0.706. The number of carbonyl (C=O) groups is 1. The molecule has 0 spiro atoms. The van der Waals surface area contributed by atoms with Gasteiger partial charge in [-0.3, -0.25) is 9.48 Å². The van der Waals surface area contributed by atoms with E-state index in [-0.39, 0.29) is 0 Å². The second-order valence-electron chi connectivity index (χ2n) is 4.33. The van der Waals surface area contributed by atoms with Gasteiger partial charge in [-0.2, -0.15) is 5.10 Å². The van der Waals surface area contributed by atoms with E-state index in [0.717, 1.165) is 12.0 Å². The van der Waals surface area contributed by atoms with Crippen molar-refractivity contribution in [1.29, 1.82) is 0 Å². The van der Waals surface area contributed by atoms with E-state index in [9.17, 15) is 4.79 Å². The molecule has 0 aliphatic carbocycles. The maximum Gasteiger partial charge on any atom is 0.133 e. The lowest BCUT2D eigenvalue weighted by molar-refractivity contribution is -0.120. The van der Waals surface area contributed by atoms with Crippen molar-refractivity contribution in [2.24, 2.45) is 13.0 Å². The first kappa shape index (κ1) is 12.9. The molecular weight excluding hydrogens is 204 g/mol. The summed E-state index contributed by atoms with van der Waals surface area (Å²) in [6.07, 6.45) is 5.75. The van der Waals surface area contributed by atoms with E-state index in [1.165, 1.54) is 0 Å². The minimum Gasteiger partial charge on any atom is -0.384 e. The SMILES string of the molecule is COCC(C)CC(=O)CCc1cnn(C)c1. The summed E-state index contributed by atoms with van der Waals surface area (Å²) in [6.45, 7) is 2.68. The fourth-order valence-electron chi connectivity index (χ4n) is 1.72. The summed E-state index contributed by atoms with van der Waals surface area (Å²) in [7, 11) is 3.54. The fourth-order valence-corrected chi connectivity index (χ4v) is 1.72. The van der Waals surface area contributed by atoms with Crippen LogP contribution in [0.15, 0.2) is 12.4 Å². The minimum absolute atomic E-state index is 0.299. The summed E-state index contributed by atoms with van der Waals surface area (Å²) in [5, 5.41) is 4.07. The van der Waals surface area contributed by atoms with Crippen LogP contribution in [-0.2, 0) is 23.0 Å². The Morgan fingerprint density at radius 3 is 2.94 bits per heavy atom. The predicted octanol–water partition coefficient (Wildman–Crippen LogP) is 1.59. The van der Waals surface area contributed by atoms with Crippen molar-refractivity contribution in [3.05, 3.63) is 18.0 Å². The Kier molecular flexibility index (Phi) is 5.19. The number of aryl methyl sites for hydroxylation is 2. The van der Waals surface area contributed by atoms with Gasteiger partial charge in [0, 0.05) is 39.8 Å². The van der Waals surface area contributed by atoms with Crippen LogP contribution >= 0.6 is 0 Å². The zero-order valence-corrected chi connectivity index (χ0v) is 10.3. The van der Waals surface area contributed by atoms with Gasteiger partial charge in [0.2, 0.25) is 0 Å². The molecule has 1 unspecified atom stereocenters. The van der Waals surface area contributed by atoms with Gasteiger partial charge in [0.05, 0.1) is 6.20 Å². The zero-order valence-electron chi connectivity index (χ0n) is 10.3. The Bertz CT molecular complexity index is 334. The second kappa shape index (κ2) is 6.43. The van der Waals surface area contributed by atoms with Crippen LogP contribution in [0.2, 0.25) is 0 Å². The molecule has 0 saturated heterocycles. The first-order chi connectivity index (χ1) is 7.61. The molecule has 1 rings (SSSR count). The molecule has 0 saturated carbocycles. The van der Waals surface area contributed by atoms with Crippen molar-refractivity contribution < 1.29 is 9.53 Å². The summed E-state index contributed by atoms with van der Waals surface area (Å²) in [4.78, 5) is 11.6. The van der Waals surface area contributed by atoms with Crippen molar-refractivity contribution in [3.8, 4) is 0 Å². The largest absolute Gasteiger partial charge is 0.384 e. The van der Waals surface area contributed by atoms with Crippen LogP contribution < -0.4 is 0 Å². The van der Waals surface area contributed by atoms with Crippen LogP contribution in [0.1, 0.15) is 25.3 Å². The molecule has 0 aromatic carbocycles. The third-order valence-electron chi connectivity index (χ3n) is 2.48. The van der Waals surface area contributed by atoms with Gasteiger partial charge >= 0.3 is 0 Å². The highest BCUT2D eigenvalue weighted by Gasteiger charge is 2.09. The fraction of sp³-hybridized carbons (Fsp3) is 0.667. The highest BCUT2D eigenvalue weighted by molar-refractivity contribution is 5.78. The molecule has 0 fully saturated rings. The van der Waals surface area contributed by atoms with Gasteiger partial charge < -0.3 is 4.74 Å². The number of Topliss-reactive ketones (excluding diaryl/α,β-unsaturated/α-hetero) is 1. The Morgan fingerprint density at radius 1 is 1.62 bits per heavy atom. The smallest absolute Gasteiger partial charge is 0.133 e. The first-order valence-electron chi connectivity index (χ1n) is 5.60. The number of aromatic nitrogens is 2. The average molecular weight is 224 g/mol. The number of hydrogen-bond donors (Lipinski definition) is 0. The van der Waals surface area contributed by atoms with Crippen molar-refractivity contribution in [2.75, 3.05) is 13.7 Å². The summed E-state index contributed by atoms with van der Waals surface area (Å²) in [5.74, 6) is 0.611.